The number of ether oxygens (including phenoxy) is 1. The third kappa shape index (κ3) is 4.31. The molecule has 0 fully saturated rings. The number of nitrogens with zero attached hydrogens (tertiary/aromatic N) is 1. The molecule has 0 bridgehead atoms. The summed E-state index contributed by atoms with van der Waals surface area (Å²) in [7, 11) is 1.62. The highest BCUT2D eigenvalue weighted by molar-refractivity contribution is 5.99. The van der Waals surface area contributed by atoms with Gasteiger partial charge in [-0.15, -0.1) is 0 Å². The largest absolute Gasteiger partial charge is 0.497 e. The molecule has 158 valence electrons. The molecule has 1 atom stereocenters. The summed E-state index contributed by atoms with van der Waals surface area (Å²) in [5, 5.41) is 3.02. The smallest absolute Gasteiger partial charge is 0.255 e. The van der Waals surface area contributed by atoms with Gasteiger partial charge in [0.15, 0.2) is 0 Å². The van der Waals surface area contributed by atoms with E-state index < -0.39 is 0 Å². The minimum absolute atomic E-state index is 0.0456. The molecule has 5 nitrogen and oxygen atoms in total. The van der Waals surface area contributed by atoms with Gasteiger partial charge in [-0.1, -0.05) is 48.0 Å². The SMILES string of the molecule is COc1ccc(C(CC(=O)Nc2ccc(C)cc2C)N2Cc3ccccc3C2=O)cc1. The van der Waals surface area contributed by atoms with Gasteiger partial charge in [-0.25, -0.2) is 0 Å². The summed E-state index contributed by atoms with van der Waals surface area (Å²) < 4.78 is 5.27. The van der Waals surface area contributed by atoms with Crippen LogP contribution in [-0.2, 0) is 11.3 Å². The van der Waals surface area contributed by atoms with E-state index in [1.54, 1.807) is 12.0 Å². The number of benzene rings is 3. The van der Waals surface area contributed by atoms with Crippen LogP contribution < -0.4 is 10.1 Å². The Hall–Kier alpha value is -3.60. The average Bonchev–Trinajstić information content (AvgIpc) is 3.11. The number of carbonyl (C=O) groups excluding carboxylic acids is 2. The number of aryl methyl sites for hydroxylation is 2. The van der Waals surface area contributed by atoms with Crippen molar-refractivity contribution in [2.45, 2.75) is 32.9 Å². The lowest BCUT2D eigenvalue weighted by Crippen LogP contribution is -2.32. The lowest BCUT2D eigenvalue weighted by Gasteiger charge is -2.28. The number of fused-ring (bicyclic) bond motifs is 1. The molecule has 0 radical (unpaired) electrons. The molecule has 4 rings (SSSR count). The van der Waals surface area contributed by atoms with Gasteiger partial charge in [-0.2, -0.15) is 0 Å². The van der Waals surface area contributed by atoms with Gasteiger partial charge < -0.3 is 15.0 Å². The van der Waals surface area contributed by atoms with Gasteiger partial charge in [-0.3, -0.25) is 9.59 Å². The standard InChI is InChI=1S/C26H26N2O3/c1-17-8-13-23(18(2)14-17)27-25(29)15-24(19-9-11-21(31-3)12-10-19)28-16-20-6-4-5-7-22(20)26(28)30/h4-14,24H,15-16H2,1-3H3,(H,27,29). The Morgan fingerprint density at radius 1 is 1.06 bits per heavy atom. The first-order valence-electron chi connectivity index (χ1n) is 10.4. The molecule has 1 aliphatic heterocycles. The fourth-order valence-corrected chi connectivity index (χ4v) is 4.09. The van der Waals surface area contributed by atoms with Crippen molar-refractivity contribution in [2.24, 2.45) is 0 Å². The minimum Gasteiger partial charge on any atom is -0.497 e. The molecule has 5 heteroatoms. The molecule has 3 aromatic rings. The summed E-state index contributed by atoms with van der Waals surface area (Å²) in [6, 6.07) is 20.7. The summed E-state index contributed by atoms with van der Waals surface area (Å²) >= 11 is 0. The number of carbonyl (C=O) groups is 2. The van der Waals surface area contributed by atoms with Gasteiger partial charge in [0.25, 0.3) is 5.91 Å². The number of methoxy groups -OCH3 is 1. The molecule has 1 N–H and O–H groups in total. The van der Waals surface area contributed by atoms with Crippen LogP contribution in [0, 0.1) is 13.8 Å². The first kappa shape index (κ1) is 20.7. The average molecular weight is 415 g/mol. The fraction of sp³-hybridized carbons (Fsp3) is 0.231. The number of nitrogens with one attached hydrogen (secondary N) is 1. The Morgan fingerprint density at radius 3 is 2.48 bits per heavy atom. The summed E-state index contributed by atoms with van der Waals surface area (Å²) in [6.07, 6.45) is 0.166. The van der Waals surface area contributed by atoms with Crippen LogP contribution >= 0.6 is 0 Å². The van der Waals surface area contributed by atoms with Gasteiger partial charge in [0, 0.05) is 17.8 Å². The Labute approximate surface area is 182 Å². The van der Waals surface area contributed by atoms with Gasteiger partial charge in [0.1, 0.15) is 5.75 Å². The zero-order valence-electron chi connectivity index (χ0n) is 18.0. The first-order valence-corrected chi connectivity index (χ1v) is 10.4. The summed E-state index contributed by atoms with van der Waals surface area (Å²) in [5.41, 5.74) is 5.54. The van der Waals surface area contributed by atoms with E-state index in [0.717, 1.165) is 33.7 Å². The highest BCUT2D eigenvalue weighted by atomic mass is 16.5. The van der Waals surface area contributed by atoms with Crippen LogP contribution in [0.15, 0.2) is 66.7 Å². The van der Waals surface area contributed by atoms with Crippen molar-refractivity contribution in [1.82, 2.24) is 4.90 Å². The molecule has 0 aromatic heterocycles. The summed E-state index contributed by atoms with van der Waals surface area (Å²) in [5.74, 6) is 0.561. The second-order valence-electron chi connectivity index (χ2n) is 7.95. The van der Waals surface area contributed by atoms with E-state index in [4.69, 9.17) is 4.74 Å². The van der Waals surface area contributed by atoms with E-state index in [0.29, 0.717) is 12.1 Å². The molecular formula is C26H26N2O3. The third-order valence-electron chi connectivity index (χ3n) is 5.76. The normalized spacial score (nSPS) is 13.6. The Bertz CT molecular complexity index is 1120. The highest BCUT2D eigenvalue weighted by Crippen LogP contribution is 2.34. The third-order valence-corrected chi connectivity index (χ3v) is 5.76. The van der Waals surface area contributed by atoms with Crippen molar-refractivity contribution < 1.29 is 14.3 Å². The molecule has 31 heavy (non-hydrogen) atoms. The predicted molar refractivity (Wildman–Crippen MR) is 121 cm³/mol. The molecule has 0 saturated carbocycles. The molecular weight excluding hydrogens is 388 g/mol. The summed E-state index contributed by atoms with van der Waals surface area (Å²) in [6.45, 7) is 4.49. The maximum Gasteiger partial charge on any atom is 0.255 e. The number of hydrogen-bond acceptors (Lipinski definition) is 3. The van der Waals surface area contributed by atoms with E-state index in [1.807, 2.05) is 80.6 Å². The van der Waals surface area contributed by atoms with Crippen molar-refractivity contribution in [3.05, 3.63) is 94.5 Å². The highest BCUT2D eigenvalue weighted by Gasteiger charge is 2.34. The van der Waals surface area contributed by atoms with E-state index in [-0.39, 0.29) is 24.3 Å². The molecule has 0 spiro atoms. The topological polar surface area (TPSA) is 58.6 Å². The predicted octanol–water partition coefficient (Wildman–Crippen LogP) is 5.04. The number of rotatable bonds is 6. The molecule has 0 aliphatic carbocycles. The number of anilines is 1. The number of hydrogen-bond donors (Lipinski definition) is 1. The van der Waals surface area contributed by atoms with Crippen LogP contribution in [0.4, 0.5) is 5.69 Å². The van der Waals surface area contributed by atoms with Crippen LogP contribution in [0.5, 0.6) is 5.75 Å². The fourth-order valence-electron chi connectivity index (χ4n) is 4.09. The number of amides is 2. The van der Waals surface area contributed by atoms with Crippen molar-refractivity contribution in [1.29, 1.82) is 0 Å². The maximum absolute atomic E-state index is 13.1. The summed E-state index contributed by atoms with van der Waals surface area (Å²) in [4.78, 5) is 27.9. The lowest BCUT2D eigenvalue weighted by molar-refractivity contribution is -0.117. The molecule has 1 aliphatic rings. The van der Waals surface area contributed by atoms with E-state index in [2.05, 4.69) is 5.32 Å². The molecule has 2 amide bonds. The first-order chi connectivity index (χ1) is 15.0. The molecule has 1 unspecified atom stereocenters. The second-order valence-corrected chi connectivity index (χ2v) is 7.95. The van der Waals surface area contributed by atoms with Gasteiger partial charge >= 0.3 is 0 Å². The Kier molecular flexibility index (Phi) is 5.76. The van der Waals surface area contributed by atoms with Gasteiger partial charge in [-0.05, 0) is 54.8 Å². The van der Waals surface area contributed by atoms with Crippen molar-refractivity contribution in [3.8, 4) is 5.75 Å². The Balaban J connectivity index is 1.61. The zero-order valence-corrected chi connectivity index (χ0v) is 18.0. The van der Waals surface area contributed by atoms with Crippen molar-refractivity contribution >= 4 is 17.5 Å². The lowest BCUT2D eigenvalue weighted by atomic mass is 10.0. The molecule has 0 saturated heterocycles. The monoisotopic (exact) mass is 414 g/mol. The van der Waals surface area contributed by atoms with E-state index in [9.17, 15) is 9.59 Å². The van der Waals surface area contributed by atoms with E-state index >= 15 is 0 Å². The van der Waals surface area contributed by atoms with Crippen LogP contribution in [0.1, 0.15) is 45.1 Å². The van der Waals surface area contributed by atoms with Crippen LogP contribution in [-0.4, -0.2) is 23.8 Å². The second kappa shape index (κ2) is 8.64. The molecule has 3 aromatic carbocycles. The van der Waals surface area contributed by atoms with Crippen LogP contribution in [0.2, 0.25) is 0 Å². The zero-order chi connectivity index (χ0) is 22.0. The van der Waals surface area contributed by atoms with Gasteiger partial charge in [0.2, 0.25) is 5.91 Å². The van der Waals surface area contributed by atoms with Crippen LogP contribution in [0.3, 0.4) is 0 Å². The maximum atomic E-state index is 13.1. The quantitative estimate of drug-likeness (QED) is 0.615. The Morgan fingerprint density at radius 2 is 1.81 bits per heavy atom. The van der Waals surface area contributed by atoms with Crippen molar-refractivity contribution in [2.75, 3.05) is 12.4 Å². The van der Waals surface area contributed by atoms with Crippen molar-refractivity contribution in [3.63, 3.8) is 0 Å². The minimum atomic E-state index is -0.378. The van der Waals surface area contributed by atoms with Crippen LogP contribution in [0.25, 0.3) is 0 Å². The van der Waals surface area contributed by atoms with E-state index in [1.165, 1.54) is 0 Å². The molecule has 1 heterocycles. The van der Waals surface area contributed by atoms with Gasteiger partial charge in [0.05, 0.1) is 19.6 Å².